The lowest BCUT2D eigenvalue weighted by molar-refractivity contribution is 0.0496. The van der Waals surface area contributed by atoms with Gasteiger partial charge in [0, 0.05) is 0 Å². The van der Waals surface area contributed by atoms with E-state index in [2.05, 4.69) is 0 Å². The van der Waals surface area contributed by atoms with E-state index in [0.717, 1.165) is 12.8 Å². The van der Waals surface area contributed by atoms with Crippen LogP contribution in [0.2, 0.25) is 5.02 Å². The molecular formula is C11H13ClO4. The zero-order chi connectivity index (χ0) is 12.1. The Hall–Kier alpha value is -1.42. The summed E-state index contributed by atoms with van der Waals surface area (Å²) in [6.45, 7) is 2.23. The molecule has 2 N–H and O–H groups in total. The Balaban J connectivity index is 2.86. The molecule has 0 aromatic heterocycles. The van der Waals surface area contributed by atoms with E-state index in [1.54, 1.807) is 0 Å². The number of rotatable bonds is 4. The minimum Gasteiger partial charge on any atom is -0.504 e. The molecule has 0 fully saturated rings. The van der Waals surface area contributed by atoms with Crippen LogP contribution < -0.4 is 0 Å². The first-order chi connectivity index (χ1) is 7.57. The molecule has 0 atom stereocenters. The molecule has 0 aliphatic carbocycles. The van der Waals surface area contributed by atoms with Gasteiger partial charge in [-0.25, -0.2) is 4.79 Å². The number of aromatic hydroxyl groups is 2. The van der Waals surface area contributed by atoms with Gasteiger partial charge >= 0.3 is 5.97 Å². The van der Waals surface area contributed by atoms with Crippen LogP contribution in [0.1, 0.15) is 30.1 Å². The molecule has 0 heterocycles. The van der Waals surface area contributed by atoms with Crippen LogP contribution in [0.15, 0.2) is 12.1 Å². The molecule has 1 aromatic carbocycles. The second kappa shape index (κ2) is 5.61. The predicted octanol–water partition coefficient (Wildman–Crippen LogP) is 2.71. The summed E-state index contributed by atoms with van der Waals surface area (Å²) in [6, 6.07) is 2.54. The zero-order valence-electron chi connectivity index (χ0n) is 8.86. The molecule has 0 radical (unpaired) electrons. The molecule has 88 valence electrons. The Kier molecular flexibility index (Phi) is 4.43. The van der Waals surface area contributed by atoms with Crippen LogP contribution in [0, 0.1) is 0 Å². The van der Waals surface area contributed by atoms with E-state index in [0.29, 0.717) is 0 Å². The average Bonchev–Trinajstić information content (AvgIpc) is 2.24. The first kappa shape index (κ1) is 12.6. The number of halogens is 1. The second-order valence-electron chi connectivity index (χ2n) is 3.28. The van der Waals surface area contributed by atoms with E-state index in [9.17, 15) is 15.0 Å². The van der Waals surface area contributed by atoms with Crippen molar-refractivity contribution < 1.29 is 19.7 Å². The highest BCUT2D eigenvalue weighted by atomic mass is 35.5. The van der Waals surface area contributed by atoms with Crippen molar-refractivity contribution in [3.8, 4) is 11.5 Å². The molecule has 0 amide bonds. The molecule has 5 heteroatoms. The number of ether oxygens (including phenoxy) is 1. The Morgan fingerprint density at radius 1 is 1.44 bits per heavy atom. The summed E-state index contributed by atoms with van der Waals surface area (Å²) >= 11 is 5.74. The topological polar surface area (TPSA) is 66.8 Å². The minimum absolute atomic E-state index is 0.0526. The van der Waals surface area contributed by atoms with E-state index in [4.69, 9.17) is 16.3 Å². The third-order valence-corrected chi connectivity index (χ3v) is 2.36. The van der Waals surface area contributed by atoms with Crippen molar-refractivity contribution in [2.75, 3.05) is 6.61 Å². The molecule has 4 nitrogen and oxygen atoms in total. The molecule has 16 heavy (non-hydrogen) atoms. The lowest BCUT2D eigenvalue weighted by atomic mass is 10.2. The van der Waals surface area contributed by atoms with E-state index < -0.39 is 17.5 Å². The fraction of sp³-hybridized carbons (Fsp3) is 0.364. The van der Waals surface area contributed by atoms with Gasteiger partial charge in [0.15, 0.2) is 11.5 Å². The molecule has 1 rings (SSSR count). The van der Waals surface area contributed by atoms with Gasteiger partial charge in [-0.2, -0.15) is 0 Å². The van der Waals surface area contributed by atoms with Crippen LogP contribution in [0.3, 0.4) is 0 Å². The van der Waals surface area contributed by atoms with Crippen molar-refractivity contribution in [2.24, 2.45) is 0 Å². The maximum Gasteiger partial charge on any atom is 0.343 e. The average molecular weight is 245 g/mol. The van der Waals surface area contributed by atoms with Crippen LogP contribution in [0.25, 0.3) is 0 Å². The van der Waals surface area contributed by atoms with E-state index >= 15 is 0 Å². The van der Waals surface area contributed by atoms with Gasteiger partial charge in [-0.3, -0.25) is 0 Å². The number of phenols is 2. The van der Waals surface area contributed by atoms with E-state index in [-0.39, 0.29) is 17.2 Å². The molecule has 0 bridgehead atoms. The van der Waals surface area contributed by atoms with Crippen LogP contribution in [0.5, 0.6) is 11.5 Å². The molecule has 0 spiro atoms. The second-order valence-corrected chi connectivity index (χ2v) is 3.69. The Morgan fingerprint density at radius 2 is 2.12 bits per heavy atom. The summed E-state index contributed by atoms with van der Waals surface area (Å²) in [4.78, 5) is 11.5. The van der Waals surface area contributed by atoms with Crippen molar-refractivity contribution in [1.29, 1.82) is 0 Å². The van der Waals surface area contributed by atoms with E-state index in [1.165, 1.54) is 12.1 Å². The molecule has 1 aromatic rings. The number of esters is 1. The normalized spacial score (nSPS) is 10.1. The number of carbonyl (C=O) groups is 1. The van der Waals surface area contributed by atoms with Gasteiger partial charge in [0.05, 0.1) is 11.6 Å². The quantitative estimate of drug-likeness (QED) is 0.486. The number of unbranched alkanes of at least 4 members (excludes halogenated alkanes) is 1. The van der Waals surface area contributed by atoms with Crippen LogP contribution in [-0.4, -0.2) is 22.8 Å². The largest absolute Gasteiger partial charge is 0.504 e. The maximum atomic E-state index is 11.5. The molecule has 0 saturated carbocycles. The number of phenolic OH excluding ortho intramolecular Hbond substituents is 2. The van der Waals surface area contributed by atoms with Gasteiger partial charge in [0.25, 0.3) is 0 Å². The van der Waals surface area contributed by atoms with Crippen molar-refractivity contribution in [3.05, 3.63) is 22.7 Å². The monoisotopic (exact) mass is 244 g/mol. The maximum absolute atomic E-state index is 11.5. The summed E-state index contributed by atoms with van der Waals surface area (Å²) in [5.41, 5.74) is -0.197. The van der Waals surface area contributed by atoms with Crippen LogP contribution in [-0.2, 0) is 4.74 Å². The lowest BCUT2D eigenvalue weighted by Gasteiger charge is -2.08. The Labute approximate surface area is 98.4 Å². The van der Waals surface area contributed by atoms with Crippen molar-refractivity contribution in [1.82, 2.24) is 0 Å². The minimum atomic E-state index is -0.730. The standard InChI is InChI=1S/C11H13ClO4/c1-2-3-6-16-11(15)9-7(12)4-5-8(13)10(9)14/h4-5,13-14H,2-3,6H2,1H3. The van der Waals surface area contributed by atoms with Gasteiger partial charge in [-0.1, -0.05) is 24.9 Å². The summed E-state index contributed by atoms with van der Waals surface area (Å²) in [6.07, 6.45) is 1.63. The van der Waals surface area contributed by atoms with Crippen LogP contribution >= 0.6 is 11.6 Å². The molecular weight excluding hydrogens is 232 g/mol. The number of benzene rings is 1. The smallest absolute Gasteiger partial charge is 0.343 e. The number of hydrogen-bond donors (Lipinski definition) is 2. The zero-order valence-corrected chi connectivity index (χ0v) is 9.62. The first-order valence-corrected chi connectivity index (χ1v) is 5.33. The first-order valence-electron chi connectivity index (χ1n) is 4.95. The molecule has 0 aliphatic heterocycles. The summed E-state index contributed by atoms with van der Waals surface area (Å²) in [5, 5.41) is 18.8. The van der Waals surface area contributed by atoms with Gasteiger partial charge in [-0.15, -0.1) is 0 Å². The number of hydrogen-bond acceptors (Lipinski definition) is 4. The Morgan fingerprint density at radius 3 is 2.75 bits per heavy atom. The predicted molar refractivity (Wildman–Crippen MR) is 60.0 cm³/mol. The summed E-state index contributed by atoms with van der Waals surface area (Å²) in [5.74, 6) is -1.67. The highest BCUT2D eigenvalue weighted by Crippen LogP contribution is 2.34. The van der Waals surface area contributed by atoms with Gasteiger partial charge in [0.2, 0.25) is 0 Å². The van der Waals surface area contributed by atoms with Gasteiger partial charge in [0.1, 0.15) is 5.56 Å². The van der Waals surface area contributed by atoms with Gasteiger partial charge in [-0.05, 0) is 18.6 Å². The molecule has 0 unspecified atom stereocenters. The third kappa shape index (κ3) is 2.79. The highest BCUT2D eigenvalue weighted by molar-refractivity contribution is 6.34. The lowest BCUT2D eigenvalue weighted by Crippen LogP contribution is -2.07. The SMILES string of the molecule is CCCCOC(=O)c1c(Cl)ccc(O)c1O. The van der Waals surface area contributed by atoms with Crippen LogP contribution in [0.4, 0.5) is 0 Å². The van der Waals surface area contributed by atoms with Crippen molar-refractivity contribution in [2.45, 2.75) is 19.8 Å². The van der Waals surface area contributed by atoms with E-state index in [1.807, 2.05) is 6.92 Å². The summed E-state index contributed by atoms with van der Waals surface area (Å²) < 4.78 is 4.89. The molecule has 0 aliphatic rings. The fourth-order valence-electron chi connectivity index (χ4n) is 1.13. The molecule has 0 saturated heterocycles. The number of carbonyl (C=O) groups excluding carboxylic acids is 1. The fourth-order valence-corrected chi connectivity index (χ4v) is 1.36. The van der Waals surface area contributed by atoms with Crippen molar-refractivity contribution in [3.63, 3.8) is 0 Å². The third-order valence-electron chi connectivity index (χ3n) is 2.04. The summed E-state index contributed by atoms with van der Waals surface area (Å²) in [7, 11) is 0. The van der Waals surface area contributed by atoms with Crippen molar-refractivity contribution >= 4 is 17.6 Å². The van der Waals surface area contributed by atoms with Gasteiger partial charge < -0.3 is 14.9 Å². The Bertz CT molecular complexity index is 390. The highest BCUT2D eigenvalue weighted by Gasteiger charge is 2.19.